The molecule has 1 aliphatic rings. The number of aliphatic carboxylic acids is 1. The van der Waals surface area contributed by atoms with Crippen LogP contribution in [-0.4, -0.2) is 45.7 Å². The topological polar surface area (TPSA) is 66.8 Å². The van der Waals surface area contributed by atoms with Crippen molar-refractivity contribution in [3.05, 3.63) is 29.8 Å². The molecule has 0 bridgehead atoms. The third-order valence-electron chi connectivity index (χ3n) is 3.40. The van der Waals surface area contributed by atoms with Gasteiger partial charge in [0.1, 0.15) is 11.8 Å². The fourth-order valence-corrected chi connectivity index (χ4v) is 3.63. The number of benzene rings is 1. The molecule has 1 N–H and O–H groups in total. The van der Waals surface area contributed by atoms with E-state index in [1.54, 1.807) is 12.1 Å². The second-order valence-electron chi connectivity index (χ2n) is 4.95. The van der Waals surface area contributed by atoms with Crippen LogP contribution in [0.3, 0.4) is 0 Å². The Kier molecular flexibility index (Phi) is 5.12. The Morgan fingerprint density at radius 2 is 2.05 bits per heavy atom. The summed E-state index contributed by atoms with van der Waals surface area (Å²) < 4.78 is 5.46. The van der Waals surface area contributed by atoms with Gasteiger partial charge in [0.25, 0.3) is 5.91 Å². The molecular weight excluding hydrogens is 290 g/mol. The van der Waals surface area contributed by atoms with Crippen molar-refractivity contribution >= 4 is 23.6 Å². The number of thioether (sulfide) groups is 1. The summed E-state index contributed by atoms with van der Waals surface area (Å²) in [5.41, 5.74) is 1.11. The lowest BCUT2D eigenvalue weighted by Gasteiger charge is -2.26. The third-order valence-corrected chi connectivity index (χ3v) is 4.85. The fraction of sp³-hybridized carbons (Fsp3) is 0.467. The number of carboxylic acids is 1. The van der Waals surface area contributed by atoms with E-state index >= 15 is 0 Å². The van der Waals surface area contributed by atoms with Crippen LogP contribution >= 0.6 is 11.8 Å². The molecule has 0 saturated carbocycles. The first-order valence-corrected chi connectivity index (χ1v) is 7.92. The van der Waals surface area contributed by atoms with Crippen molar-refractivity contribution in [2.24, 2.45) is 0 Å². The molecule has 1 amide bonds. The predicted molar refractivity (Wildman–Crippen MR) is 81.5 cm³/mol. The number of aryl methyl sites for hydroxylation is 1. The van der Waals surface area contributed by atoms with Crippen LogP contribution in [0.25, 0.3) is 0 Å². The molecule has 2 unspecified atom stereocenters. The molecule has 0 aliphatic carbocycles. The molecule has 1 aromatic carbocycles. The molecular formula is C15H19NO4S. The standard InChI is InChI=1S/C15H19NO4S/c1-3-14-16(12(9-21-14)15(18)19)13(17)8-20-11-6-4-10(2)5-7-11/h4-7,12,14H,3,8-9H2,1-2H3,(H,18,19). The monoisotopic (exact) mass is 309 g/mol. The minimum Gasteiger partial charge on any atom is -0.484 e. The van der Waals surface area contributed by atoms with Gasteiger partial charge in [-0.2, -0.15) is 0 Å². The van der Waals surface area contributed by atoms with Crippen LogP contribution in [-0.2, 0) is 9.59 Å². The van der Waals surface area contributed by atoms with Gasteiger partial charge in [-0.25, -0.2) is 4.79 Å². The number of ether oxygens (including phenoxy) is 1. The first-order chi connectivity index (χ1) is 10.0. The van der Waals surface area contributed by atoms with Crippen LogP contribution in [0.1, 0.15) is 18.9 Å². The lowest BCUT2D eigenvalue weighted by atomic mass is 10.2. The smallest absolute Gasteiger partial charge is 0.327 e. The van der Waals surface area contributed by atoms with E-state index in [0.29, 0.717) is 11.5 Å². The van der Waals surface area contributed by atoms with E-state index < -0.39 is 12.0 Å². The van der Waals surface area contributed by atoms with Gasteiger partial charge in [0, 0.05) is 5.75 Å². The van der Waals surface area contributed by atoms with E-state index in [4.69, 9.17) is 4.74 Å². The number of hydrogen-bond donors (Lipinski definition) is 1. The number of rotatable bonds is 5. The number of carbonyl (C=O) groups excluding carboxylic acids is 1. The summed E-state index contributed by atoms with van der Waals surface area (Å²) >= 11 is 1.51. The highest BCUT2D eigenvalue weighted by Gasteiger charge is 2.40. The van der Waals surface area contributed by atoms with Crippen LogP contribution in [0.15, 0.2) is 24.3 Å². The molecule has 1 heterocycles. The van der Waals surface area contributed by atoms with E-state index in [2.05, 4.69) is 0 Å². The second kappa shape index (κ2) is 6.85. The molecule has 21 heavy (non-hydrogen) atoms. The molecule has 2 rings (SSSR count). The third kappa shape index (κ3) is 3.69. The van der Waals surface area contributed by atoms with Crippen molar-refractivity contribution in [2.75, 3.05) is 12.4 Å². The molecule has 1 aliphatic heterocycles. The average Bonchev–Trinajstić information content (AvgIpc) is 2.90. The number of amides is 1. The molecule has 1 fully saturated rings. The molecule has 114 valence electrons. The Labute approximate surface area is 128 Å². The SMILES string of the molecule is CCC1SCC(C(=O)O)N1C(=O)COc1ccc(C)cc1. The van der Waals surface area contributed by atoms with Crippen molar-refractivity contribution in [1.29, 1.82) is 0 Å². The van der Waals surface area contributed by atoms with E-state index in [1.165, 1.54) is 16.7 Å². The Balaban J connectivity index is 2.00. The summed E-state index contributed by atoms with van der Waals surface area (Å²) in [5.74, 6) is -0.188. The van der Waals surface area contributed by atoms with E-state index in [1.807, 2.05) is 26.0 Å². The van der Waals surface area contributed by atoms with Gasteiger partial charge >= 0.3 is 5.97 Å². The van der Waals surface area contributed by atoms with Gasteiger partial charge in [-0.3, -0.25) is 4.79 Å². The maximum absolute atomic E-state index is 12.3. The van der Waals surface area contributed by atoms with Gasteiger partial charge < -0.3 is 14.7 Å². The summed E-state index contributed by atoms with van der Waals surface area (Å²) in [6, 6.07) is 6.65. The van der Waals surface area contributed by atoms with Gasteiger partial charge in [-0.05, 0) is 25.5 Å². The number of hydrogen-bond acceptors (Lipinski definition) is 4. The minimum absolute atomic E-state index is 0.0831. The Hall–Kier alpha value is -1.69. The highest BCUT2D eigenvalue weighted by Crippen LogP contribution is 2.31. The first kappa shape index (κ1) is 15.7. The van der Waals surface area contributed by atoms with Gasteiger partial charge in [0.15, 0.2) is 6.61 Å². The van der Waals surface area contributed by atoms with E-state index in [0.717, 1.165) is 12.0 Å². The van der Waals surface area contributed by atoms with Crippen molar-refractivity contribution in [3.8, 4) is 5.75 Å². The molecule has 0 aromatic heterocycles. The predicted octanol–water partition coefficient (Wildman–Crippen LogP) is 2.14. The molecule has 6 heteroatoms. The lowest BCUT2D eigenvalue weighted by Crippen LogP contribution is -2.47. The number of carboxylic acid groups (broad SMARTS) is 1. The maximum atomic E-state index is 12.3. The molecule has 1 aromatic rings. The zero-order chi connectivity index (χ0) is 15.4. The van der Waals surface area contributed by atoms with Crippen LogP contribution in [0.2, 0.25) is 0 Å². The average molecular weight is 309 g/mol. The normalized spacial score (nSPS) is 21.3. The van der Waals surface area contributed by atoms with Crippen LogP contribution < -0.4 is 4.74 Å². The van der Waals surface area contributed by atoms with Crippen molar-refractivity contribution < 1.29 is 19.4 Å². The zero-order valence-corrected chi connectivity index (χ0v) is 12.9. The summed E-state index contributed by atoms with van der Waals surface area (Å²) in [4.78, 5) is 25.0. The number of nitrogens with zero attached hydrogens (tertiary/aromatic N) is 1. The highest BCUT2D eigenvalue weighted by atomic mass is 32.2. The maximum Gasteiger partial charge on any atom is 0.327 e. The van der Waals surface area contributed by atoms with Gasteiger partial charge in [0.05, 0.1) is 5.37 Å². The van der Waals surface area contributed by atoms with E-state index in [9.17, 15) is 14.7 Å². The summed E-state index contributed by atoms with van der Waals surface area (Å²) in [5, 5.41) is 9.13. The Morgan fingerprint density at radius 3 is 2.62 bits per heavy atom. The van der Waals surface area contributed by atoms with Crippen molar-refractivity contribution in [1.82, 2.24) is 4.90 Å². The summed E-state index contributed by atoms with van der Waals surface area (Å²) in [6.07, 6.45) is 0.727. The Bertz CT molecular complexity index is 517. The molecule has 2 atom stereocenters. The van der Waals surface area contributed by atoms with Gasteiger partial charge in [-0.1, -0.05) is 24.6 Å². The van der Waals surface area contributed by atoms with Crippen LogP contribution in [0, 0.1) is 6.92 Å². The van der Waals surface area contributed by atoms with Crippen molar-refractivity contribution in [3.63, 3.8) is 0 Å². The first-order valence-electron chi connectivity index (χ1n) is 6.88. The highest BCUT2D eigenvalue weighted by molar-refractivity contribution is 8.00. The van der Waals surface area contributed by atoms with Crippen LogP contribution in [0.5, 0.6) is 5.75 Å². The number of carbonyl (C=O) groups is 2. The zero-order valence-electron chi connectivity index (χ0n) is 12.1. The van der Waals surface area contributed by atoms with Gasteiger partial charge in [0.2, 0.25) is 0 Å². The largest absolute Gasteiger partial charge is 0.484 e. The summed E-state index contributed by atoms with van der Waals surface area (Å²) in [7, 11) is 0. The molecule has 5 nitrogen and oxygen atoms in total. The second-order valence-corrected chi connectivity index (χ2v) is 6.16. The van der Waals surface area contributed by atoms with Crippen LogP contribution in [0.4, 0.5) is 0 Å². The molecule has 0 spiro atoms. The van der Waals surface area contributed by atoms with Crippen molar-refractivity contribution in [2.45, 2.75) is 31.7 Å². The Morgan fingerprint density at radius 1 is 1.38 bits per heavy atom. The lowest BCUT2D eigenvalue weighted by molar-refractivity contribution is -0.149. The fourth-order valence-electron chi connectivity index (χ4n) is 2.26. The minimum atomic E-state index is -0.956. The summed E-state index contributed by atoms with van der Waals surface area (Å²) in [6.45, 7) is 3.78. The quantitative estimate of drug-likeness (QED) is 0.902. The molecule has 1 saturated heterocycles. The van der Waals surface area contributed by atoms with Gasteiger partial charge in [-0.15, -0.1) is 11.8 Å². The molecule has 0 radical (unpaired) electrons. The van der Waals surface area contributed by atoms with E-state index in [-0.39, 0.29) is 17.9 Å².